The number of piperazine rings is 1. The molecule has 0 spiro atoms. The summed E-state index contributed by atoms with van der Waals surface area (Å²) in [6.45, 7) is 7.09. The fraction of sp³-hybridized carbons (Fsp3) is 0.207. The SMILES string of the molecule is Cc1ccc(NC(=O)c2ccc(CN3CCNCC3)cc2)cc1Nc1cccc(-c2cccnc2)n1. The third-order valence-electron chi connectivity index (χ3n) is 6.30. The van der Waals surface area contributed by atoms with E-state index in [1.807, 2.05) is 79.7 Å². The van der Waals surface area contributed by atoms with Crippen molar-refractivity contribution in [3.05, 3.63) is 102 Å². The van der Waals surface area contributed by atoms with Gasteiger partial charge in [-0.2, -0.15) is 0 Å². The van der Waals surface area contributed by atoms with Crippen molar-refractivity contribution in [2.75, 3.05) is 36.8 Å². The van der Waals surface area contributed by atoms with Gasteiger partial charge in [0.15, 0.2) is 0 Å². The molecule has 36 heavy (non-hydrogen) atoms. The summed E-state index contributed by atoms with van der Waals surface area (Å²) in [5, 5.41) is 9.79. The first-order chi connectivity index (χ1) is 17.6. The van der Waals surface area contributed by atoms with Crippen molar-refractivity contribution in [3.8, 4) is 11.3 Å². The summed E-state index contributed by atoms with van der Waals surface area (Å²) < 4.78 is 0. The van der Waals surface area contributed by atoms with Crippen LogP contribution in [-0.2, 0) is 6.54 Å². The van der Waals surface area contributed by atoms with E-state index in [0.29, 0.717) is 5.56 Å². The van der Waals surface area contributed by atoms with E-state index in [1.165, 1.54) is 5.56 Å². The molecule has 7 nitrogen and oxygen atoms in total. The molecule has 2 aromatic carbocycles. The molecule has 0 atom stereocenters. The zero-order valence-corrected chi connectivity index (χ0v) is 20.4. The summed E-state index contributed by atoms with van der Waals surface area (Å²) in [5.74, 6) is 0.596. The summed E-state index contributed by atoms with van der Waals surface area (Å²) in [7, 11) is 0. The first-order valence-corrected chi connectivity index (χ1v) is 12.2. The van der Waals surface area contributed by atoms with Crippen molar-refractivity contribution in [1.29, 1.82) is 0 Å². The third kappa shape index (κ3) is 5.94. The fourth-order valence-electron chi connectivity index (χ4n) is 4.24. The minimum absolute atomic E-state index is 0.129. The van der Waals surface area contributed by atoms with Crippen LogP contribution in [0.2, 0.25) is 0 Å². The van der Waals surface area contributed by atoms with Crippen LogP contribution in [0.25, 0.3) is 11.3 Å². The molecule has 0 aliphatic carbocycles. The number of hydrogen-bond acceptors (Lipinski definition) is 6. The number of aryl methyl sites for hydroxylation is 1. The highest BCUT2D eigenvalue weighted by Gasteiger charge is 2.12. The second-order valence-electron chi connectivity index (χ2n) is 8.98. The number of carbonyl (C=O) groups excluding carboxylic acids is 1. The molecule has 1 aliphatic rings. The van der Waals surface area contributed by atoms with Crippen LogP contribution in [-0.4, -0.2) is 47.0 Å². The lowest BCUT2D eigenvalue weighted by Crippen LogP contribution is -2.42. The standard InChI is InChI=1S/C29H30N6O/c1-21-7-12-25(18-27(21)34-28-6-2-5-26(33-28)24-4-3-13-31-19-24)32-29(36)23-10-8-22(9-11-23)20-35-16-14-30-15-17-35/h2-13,18-19,30H,14-17,20H2,1H3,(H,32,36)(H,33,34). The lowest BCUT2D eigenvalue weighted by molar-refractivity contribution is 0.102. The Morgan fingerprint density at radius 2 is 1.83 bits per heavy atom. The molecule has 182 valence electrons. The van der Waals surface area contributed by atoms with Gasteiger partial charge in [-0.05, 0) is 66.6 Å². The van der Waals surface area contributed by atoms with E-state index in [9.17, 15) is 4.79 Å². The van der Waals surface area contributed by atoms with Crippen molar-refractivity contribution in [2.24, 2.45) is 0 Å². The van der Waals surface area contributed by atoms with E-state index in [1.54, 1.807) is 12.4 Å². The Balaban J connectivity index is 1.25. The Bertz CT molecular complexity index is 1320. The number of rotatable bonds is 7. The largest absolute Gasteiger partial charge is 0.340 e. The molecule has 1 saturated heterocycles. The predicted octanol–water partition coefficient (Wildman–Crippen LogP) is 4.85. The quantitative estimate of drug-likeness (QED) is 0.352. The number of amides is 1. The van der Waals surface area contributed by atoms with E-state index in [4.69, 9.17) is 4.98 Å². The Morgan fingerprint density at radius 1 is 1.00 bits per heavy atom. The Labute approximate surface area is 211 Å². The maximum atomic E-state index is 12.9. The van der Waals surface area contributed by atoms with Crippen molar-refractivity contribution in [2.45, 2.75) is 13.5 Å². The molecule has 1 aliphatic heterocycles. The van der Waals surface area contributed by atoms with Crippen LogP contribution in [0, 0.1) is 6.92 Å². The number of benzene rings is 2. The molecule has 1 fully saturated rings. The van der Waals surface area contributed by atoms with Gasteiger partial charge in [-0.1, -0.05) is 24.3 Å². The highest BCUT2D eigenvalue weighted by atomic mass is 16.1. The smallest absolute Gasteiger partial charge is 0.255 e. The highest BCUT2D eigenvalue weighted by molar-refractivity contribution is 6.04. The van der Waals surface area contributed by atoms with Crippen LogP contribution in [0.5, 0.6) is 0 Å². The topological polar surface area (TPSA) is 82.2 Å². The zero-order chi connectivity index (χ0) is 24.7. The van der Waals surface area contributed by atoms with Crippen LogP contribution in [0.4, 0.5) is 17.2 Å². The second-order valence-corrected chi connectivity index (χ2v) is 8.98. The minimum atomic E-state index is -0.129. The highest BCUT2D eigenvalue weighted by Crippen LogP contribution is 2.25. The van der Waals surface area contributed by atoms with Crippen molar-refractivity contribution >= 4 is 23.1 Å². The van der Waals surface area contributed by atoms with Crippen LogP contribution in [0.3, 0.4) is 0 Å². The minimum Gasteiger partial charge on any atom is -0.340 e. The number of pyridine rings is 2. The number of aromatic nitrogens is 2. The first kappa shape index (κ1) is 23.7. The molecule has 1 amide bonds. The molecule has 5 rings (SSSR count). The molecule has 3 heterocycles. The molecular formula is C29H30N6O. The van der Waals surface area contributed by atoms with Gasteiger partial charge < -0.3 is 16.0 Å². The molecular weight excluding hydrogens is 448 g/mol. The van der Waals surface area contributed by atoms with Gasteiger partial charge in [0, 0.05) is 67.6 Å². The molecule has 3 N–H and O–H groups in total. The Kier molecular flexibility index (Phi) is 7.30. The van der Waals surface area contributed by atoms with Gasteiger partial charge in [0.25, 0.3) is 5.91 Å². The van der Waals surface area contributed by atoms with E-state index < -0.39 is 0 Å². The van der Waals surface area contributed by atoms with Crippen LogP contribution < -0.4 is 16.0 Å². The summed E-state index contributed by atoms with van der Waals surface area (Å²) in [4.78, 5) is 24.2. The lowest BCUT2D eigenvalue weighted by Gasteiger charge is -2.27. The van der Waals surface area contributed by atoms with E-state index in [0.717, 1.165) is 66.7 Å². The van der Waals surface area contributed by atoms with Gasteiger partial charge in [0.2, 0.25) is 0 Å². The summed E-state index contributed by atoms with van der Waals surface area (Å²) in [5.41, 5.74) is 6.32. The molecule has 0 unspecified atom stereocenters. The molecule has 0 bridgehead atoms. The van der Waals surface area contributed by atoms with E-state index >= 15 is 0 Å². The zero-order valence-electron chi connectivity index (χ0n) is 20.4. The van der Waals surface area contributed by atoms with Gasteiger partial charge in [0.1, 0.15) is 5.82 Å². The predicted molar refractivity (Wildman–Crippen MR) is 144 cm³/mol. The monoisotopic (exact) mass is 478 g/mol. The lowest BCUT2D eigenvalue weighted by atomic mass is 10.1. The molecule has 2 aromatic heterocycles. The van der Waals surface area contributed by atoms with E-state index in [-0.39, 0.29) is 5.91 Å². The summed E-state index contributed by atoms with van der Waals surface area (Å²) in [6.07, 6.45) is 3.54. The van der Waals surface area contributed by atoms with Crippen molar-refractivity contribution < 1.29 is 4.79 Å². The number of carbonyl (C=O) groups is 1. The van der Waals surface area contributed by atoms with Gasteiger partial charge in [0.05, 0.1) is 5.69 Å². The van der Waals surface area contributed by atoms with E-state index in [2.05, 4.69) is 25.8 Å². The number of nitrogens with one attached hydrogen (secondary N) is 3. The normalized spacial score (nSPS) is 13.8. The number of nitrogens with zero attached hydrogens (tertiary/aromatic N) is 3. The molecule has 0 saturated carbocycles. The van der Waals surface area contributed by atoms with Gasteiger partial charge >= 0.3 is 0 Å². The average Bonchev–Trinajstić information content (AvgIpc) is 2.92. The van der Waals surface area contributed by atoms with Crippen molar-refractivity contribution in [3.63, 3.8) is 0 Å². The van der Waals surface area contributed by atoms with Crippen LogP contribution in [0.1, 0.15) is 21.5 Å². The number of hydrogen-bond donors (Lipinski definition) is 3. The molecule has 0 radical (unpaired) electrons. The molecule has 7 heteroatoms. The average molecular weight is 479 g/mol. The first-order valence-electron chi connectivity index (χ1n) is 12.2. The Hall–Kier alpha value is -4.07. The number of anilines is 3. The summed E-state index contributed by atoms with van der Waals surface area (Å²) >= 11 is 0. The maximum absolute atomic E-state index is 12.9. The van der Waals surface area contributed by atoms with Crippen LogP contribution in [0.15, 0.2) is 85.2 Å². The Morgan fingerprint density at radius 3 is 2.61 bits per heavy atom. The third-order valence-corrected chi connectivity index (χ3v) is 6.30. The second kappa shape index (κ2) is 11.1. The fourth-order valence-corrected chi connectivity index (χ4v) is 4.24. The maximum Gasteiger partial charge on any atom is 0.255 e. The van der Waals surface area contributed by atoms with Gasteiger partial charge in [-0.3, -0.25) is 14.7 Å². The van der Waals surface area contributed by atoms with Crippen LogP contribution >= 0.6 is 0 Å². The van der Waals surface area contributed by atoms with Crippen molar-refractivity contribution in [1.82, 2.24) is 20.2 Å². The van der Waals surface area contributed by atoms with Gasteiger partial charge in [-0.25, -0.2) is 4.98 Å². The molecule has 4 aromatic rings. The summed E-state index contributed by atoms with van der Waals surface area (Å²) in [6, 6.07) is 23.4. The van der Waals surface area contributed by atoms with Gasteiger partial charge in [-0.15, -0.1) is 0 Å².